The van der Waals surface area contributed by atoms with Crippen molar-refractivity contribution in [3.05, 3.63) is 78.1 Å². The van der Waals surface area contributed by atoms with Gasteiger partial charge in [-0.25, -0.2) is 23.5 Å². The maximum Gasteiger partial charge on any atom is 0.251 e. The summed E-state index contributed by atoms with van der Waals surface area (Å²) in [5.41, 5.74) is 3.28. The summed E-state index contributed by atoms with van der Waals surface area (Å²) in [6, 6.07) is 16.4. The second kappa shape index (κ2) is 10.7. The van der Waals surface area contributed by atoms with Crippen LogP contribution in [0.3, 0.4) is 0 Å². The lowest BCUT2D eigenvalue weighted by atomic mass is 10.0. The number of primary sulfonamides is 1. The number of ether oxygens (including phenoxy) is 2. The summed E-state index contributed by atoms with van der Waals surface area (Å²) in [6.45, 7) is 1.03. The Morgan fingerprint density at radius 1 is 1.03 bits per heavy atom. The molecular formula is C27H25N5O6S. The maximum absolute atomic E-state index is 13.0. The van der Waals surface area contributed by atoms with E-state index in [0.29, 0.717) is 63.2 Å². The van der Waals surface area contributed by atoms with Gasteiger partial charge in [-0.3, -0.25) is 4.79 Å². The molecule has 0 fully saturated rings. The summed E-state index contributed by atoms with van der Waals surface area (Å²) in [4.78, 5) is 24.7. The number of nitrogens with one attached hydrogen (secondary N) is 2. The molecule has 0 bridgehead atoms. The second-order valence-electron chi connectivity index (χ2n) is 8.72. The molecule has 2 aromatic heterocycles. The zero-order valence-electron chi connectivity index (χ0n) is 20.8. The number of hydrogen-bond acceptors (Lipinski definition) is 8. The van der Waals surface area contributed by atoms with Crippen molar-refractivity contribution in [1.82, 2.24) is 20.3 Å². The van der Waals surface area contributed by atoms with Gasteiger partial charge in [0.2, 0.25) is 10.0 Å². The van der Waals surface area contributed by atoms with Gasteiger partial charge in [-0.05, 0) is 48.0 Å². The zero-order valence-corrected chi connectivity index (χ0v) is 21.7. The third kappa shape index (κ3) is 5.53. The van der Waals surface area contributed by atoms with Gasteiger partial charge in [0.25, 0.3) is 5.91 Å². The second-order valence-corrected chi connectivity index (χ2v) is 10.3. The highest BCUT2D eigenvalue weighted by Gasteiger charge is 2.19. The first-order valence-electron chi connectivity index (χ1n) is 11.9. The quantitative estimate of drug-likeness (QED) is 0.204. The smallest absolute Gasteiger partial charge is 0.251 e. The van der Waals surface area contributed by atoms with Gasteiger partial charge in [0.1, 0.15) is 18.7 Å². The number of benzene rings is 3. The van der Waals surface area contributed by atoms with E-state index in [2.05, 4.69) is 20.3 Å². The zero-order chi connectivity index (χ0) is 27.6. The van der Waals surface area contributed by atoms with Crippen LogP contribution in [-0.2, 0) is 21.3 Å². The standard InChI is InChI=1S/C27H25N5O6S/c1-37-10-11-38-18-5-8-20-23(13-18)30-15-31-25(20)24-21-12-17(4-9-22(21)32-27(24)34)26(33)29-14-16-2-6-19(7-3-16)39(28,35)36/h2-9,12-13,15,32,34H,10-11,14H2,1H3,(H,29,33)(H2,28,35,36). The fourth-order valence-corrected chi connectivity index (χ4v) is 4.72. The molecule has 0 radical (unpaired) electrons. The highest BCUT2D eigenvalue weighted by Crippen LogP contribution is 2.39. The molecule has 0 atom stereocenters. The Balaban J connectivity index is 1.43. The number of rotatable bonds is 9. The molecule has 0 saturated heterocycles. The number of carbonyl (C=O) groups is 1. The number of amides is 1. The molecule has 200 valence electrons. The van der Waals surface area contributed by atoms with Crippen molar-refractivity contribution >= 4 is 37.7 Å². The topological polar surface area (TPSA) is 170 Å². The van der Waals surface area contributed by atoms with E-state index in [-0.39, 0.29) is 23.2 Å². The highest BCUT2D eigenvalue weighted by molar-refractivity contribution is 7.89. The lowest BCUT2D eigenvalue weighted by Crippen LogP contribution is -2.22. The molecule has 5 aromatic rings. The van der Waals surface area contributed by atoms with E-state index in [1.54, 1.807) is 49.6 Å². The van der Waals surface area contributed by atoms with Gasteiger partial charge >= 0.3 is 0 Å². The minimum atomic E-state index is -3.79. The van der Waals surface area contributed by atoms with Crippen LogP contribution in [0, 0.1) is 0 Å². The first-order chi connectivity index (χ1) is 18.7. The molecule has 1 amide bonds. The Kier molecular flexibility index (Phi) is 7.15. The monoisotopic (exact) mass is 547 g/mol. The molecule has 39 heavy (non-hydrogen) atoms. The Morgan fingerprint density at radius 2 is 1.82 bits per heavy atom. The molecule has 11 nitrogen and oxygen atoms in total. The lowest BCUT2D eigenvalue weighted by Gasteiger charge is -2.09. The molecule has 0 aliphatic carbocycles. The van der Waals surface area contributed by atoms with Crippen molar-refractivity contribution in [2.75, 3.05) is 20.3 Å². The van der Waals surface area contributed by atoms with Crippen LogP contribution in [0.2, 0.25) is 0 Å². The van der Waals surface area contributed by atoms with Crippen molar-refractivity contribution in [1.29, 1.82) is 0 Å². The minimum absolute atomic E-state index is 0.00471. The summed E-state index contributed by atoms with van der Waals surface area (Å²) in [6.07, 6.45) is 1.41. The van der Waals surface area contributed by atoms with E-state index in [0.717, 1.165) is 0 Å². The van der Waals surface area contributed by atoms with Crippen molar-refractivity contribution in [3.63, 3.8) is 0 Å². The van der Waals surface area contributed by atoms with E-state index >= 15 is 0 Å². The summed E-state index contributed by atoms with van der Waals surface area (Å²) in [5, 5.41) is 20.1. The number of sulfonamides is 1. The normalized spacial score (nSPS) is 11.6. The fraction of sp³-hybridized carbons (Fsp3) is 0.148. The van der Waals surface area contributed by atoms with Crippen molar-refractivity contribution in [2.45, 2.75) is 11.4 Å². The SMILES string of the molecule is COCCOc1ccc2c(-c3c(O)[nH]c4ccc(C(=O)NCc5ccc(S(N)(=O)=O)cc5)cc34)ncnc2c1. The van der Waals surface area contributed by atoms with Crippen molar-refractivity contribution in [2.24, 2.45) is 5.14 Å². The molecule has 2 heterocycles. The highest BCUT2D eigenvalue weighted by atomic mass is 32.2. The van der Waals surface area contributed by atoms with Crippen LogP contribution < -0.4 is 15.2 Å². The summed E-state index contributed by atoms with van der Waals surface area (Å²) in [7, 11) is -2.19. The molecule has 0 aliphatic rings. The molecule has 0 aliphatic heterocycles. The molecule has 3 aromatic carbocycles. The van der Waals surface area contributed by atoms with Gasteiger partial charge in [0.15, 0.2) is 5.88 Å². The number of aromatic amines is 1. The number of fused-ring (bicyclic) bond motifs is 2. The molecule has 0 spiro atoms. The molecule has 5 rings (SSSR count). The van der Waals surface area contributed by atoms with Gasteiger partial charge in [0, 0.05) is 41.6 Å². The summed E-state index contributed by atoms with van der Waals surface area (Å²) in [5.74, 6) is 0.202. The third-order valence-corrected chi connectivity index (χ3v) is 7.08. The predicted molar refractivity (Wildman–Crippen MR) is 145 cm³/mol. The molecule has 5 N–H and O–H groups in total. The molecule has 12 heteroatoms. The first-order valence-corrected chi connectivity index (χ1v) is 13.4. The van der Waals surface area contributed by atoms with Gasteiger partial charge in [0.05, 0.1) is 28.3 Å². The third-order valence-electron chi connectivity index (χ3n) is 6.15. The number of aromatic nitrogens is 3. The molecular weight excluding hydrogens is 522 g/mol. The van der Waals surface area contributed by atoms with E-state index in [1.807, 2.05) is 6.07 Å². The number of hydrogen-bond donors (Lipinski definition) is 4. The van der Waals surface area contributed by atoms with Crippen LogP contribution in [0.15, 0.2) is 71.9 Å². The Morgan fingerprint density at radius 3 is 2.56 bits per heavy atom. The van der Waals surface area contributed by atoms with Crippen molar-refractivity contribution < 1.29 is 27.8 Å². The van der Waals surface area contributed by atoms with Gasteiger partial charge in [-0.1, -0.05) is 12.1 Å². The number of aromatic hydroxyl groups is 1. The predicted octanol–water partition coefficient (Wildman–Crippen LogP) is 3.09. The van der Waals surface area contributed by atoms with Gasteiger partial charge in [-0.15, -0.1) is 0 Å². The average Bonchev–Trinajstić information content (AvgIpc) is 3.25. The van der Waals surface area contributed by atoms with Gasteiger partial charge in [-0.2, -0.15) is 0 Å². The summed E-state index contributed by atoms with van der Waals surface area (Å²) >= 11 is 0. The van der Waals surface area contributed by atoms with Gasteiger partial charge < -0.3 is 24.9 Å². The Hall–Kier alpha value is -4.52. The number of H-pyrrole nitrogens is 1. The summed E-state index contributed by atoms with van der Waals surface area (Å²) < 4.78 is 33.6. The largest absolute Gasteiger partial charge is 0.494 e. The van der Waals surface area contributed by atoms with Crippen LogP contribution in [0.1, 0.15) is 15.9 Å². The lowest BCUT2D eigenvalue weighted by molar-refractivity contribution is 0.0951. The van der Waals surface area contributed by atoms with Crippen LogP contribution in [-0.4, -0.2) is 54.7 Å². The van der Waals surface area contributed by atoms with Crippen LogP contribution in [0.4, 0.5) is 0 Å². The fourth-order valence-electron chi connectivity index (χ4n) is 4.21. The molecule has 0 unspecified atom stereocenters. The number of methoxy groups -OCH3 is 1. The van der Waals surface area contributed by atoms with E-state index in [4.69, 9.17) is 14.6 Å². The van der Waals surface area contributed by atoms with E-state index in [9.17, 15) is 18.3 Å². The number of nitrogens with zero attached hydrogens (tertiary/aromatic N) is 2. The van der Waals surface area contributed by atoms with Crippen LogP contribution in [0.25, 0.3) is 33.1 Å². The number of nitrogens with two attached hydrogens (primary N) is 1. The van der Waals surface area contributed by atoms with Crippen LogP contribution >= 0.6 is 0 Å². The molecule has 0 saturated carbocycles. The van der Waals surface area contributed by atoms with Crippen LogP contribution in [0.5, 0.6) is 11.6 Å². The minimum Gasteiger partial charge on any atom is -0.494 e. The maximum atomic E-state index is 13.0. The number of carbonyl (C=O) groups excluding carboxylic acids is 1. The average molecular weight is 548 g/mol. The van der Waals surface area contributed by atoms with E-state index < -0.39 is 10.0 Å². The Labute approximate surface area is 223 Å². The van der Waals surface area contributed by atoms with Crippen molar-refractivity contribution in [3.8, 4) is 22.9 Å². The first kappa shape index (κ1) is 26.1. The van der Waals surface area contributed by atoms with E-state index in [1.165, 1.54) is 18.5 Å². The Bertz CT molecular complexity index is 1780.